The summed E-state index contributed by atoms with van der Waals surface area (Å²) in [5.41, 5.74) is 4.04. The molecular weight excluding hydrogens is 358 g/mol. The first-order valence-corrected chi connectivity index (χ1v) is 10.0. The predicted octanol–water partition coefficient (Wildman–Crippen LogP) is 4.40. The third-order valence-corrected chi connectivity index (χ3v) is 5.68. The summed E-state index contributed by atoms with van der Waals surface area (Å²) in [6.45, 7) is 0.325. The van der Waals surface area contributed by atoms with E-state index in [0.29, 0.717) is 28.6 Å². The summed E-state index contributed by atoms with van der Waals surface area (Å²) in [6.07, 6.45) is 0. The summed E-state index contributed by atoms with van der Waals surface area (Å²) in [5.74, 6) is 0.234. The number of para-hydroxylation sites is 1. The lowest BCUT2D eigenvalue weighted by atomic mass is 10.1. The molecule has 0 aliphatic heterocycles. The molecule has 0 heterocycles. The zero-order valence-electron chi connectivity index (χ0n) is 13.5. The van der Waals surface area contributed by atoms with Crippen molar-refractivity contribution in [3.8, 4) is 0 Å². The molecule has 6 heteroatoms. The molecule has 0 bridgehead atoms. The number of anilines is 1. The van der Waals surface area contributed by atoms with Gasteiger partial charge in [0.1, 0.15) is 0 Å². The molecule has 130 valence electrons. The summed E-state index contributed by atoms with van der Waals surface area (Å²) in [7, 11) is -3.51. The van der Waals surface area contributed by atoms with Gasteiger partial charge < -0.3 is 0 Å². The molecule has 1 N–H and O–H groups in total. The molecule has 0 atom stereocenters. The number of hydrogen-bond acceptors (Lipinski definition) is 4. The van der Waals surface area contributed by atoms with Crippen molar-refractivity contribution in [1.82, 2.24) is 0 Å². The summed E-state index contributed by atoms with van der Waals surface area (Å²) >= 11 is 5.59. The number of halogens is 1. The normalized spacial score (nSPS) is 11.6. The van der Waals surface area contributed by atoms with Crippen molar-refractivity contribution in [2.24, 2.45) is 0 Å². The molecule has 0 aliphatic carbocycles. The lowest BCUT2D eigenvalue weighted by molar-refractivity contribution is 0.212. The second-order valence-electron chi connectivity index (χ2n) is 5.53. The van der Waals surface area contributed by atoms with Gasteiger partial charge in [-0.25, -0.2) is 8.42 Å². The van der Waals surface area contributed by atoms with Crippen LogP contribution in [0.15, 0.2) is 71.6 Å². The molecule has 3 rings (SSSR count). The van der Waals surface area contributed by atoms with Crippen LogP contribution in [0, 0.1) is 0 Å². The van der Waals surface area contributed by atoms with Crippen LogP contribution >= 0.6 is 11.6 Å². The number of rotatable bonds is 7. The van der Waals surface area contributed by atoms with Crippen LogP contribution in [-0.4, -0.2) is 20.9 Å². The van der Waals surface area contributed by atoms with Crippen molar-refractivity contribution in [2.75, 3.05) is 18.0 Å². The van der Waals surface area contributed by atoms with E-state index in [0.717, 1.165) is 10.8 Å². The maximum absolute atomic E-state index is 13.0. The van der Waals surface area contributed by atoms with Gasteiger partial charge in [-0.15, -0.1) is 11.6 Å². The van der Waals surface area contributed by atoms with E-state index in [-0.39, 0.29) is 5.75 Å². The van der Waals surface area contributed by atoms with E-state index in [2.05, 4.69) is 5.48 Å². The Kier molecular flexibility index (Phi) is 5.58. The predicted molar refractivity (Wildman–Crippen MR) is 102 cm³/mol. The molecule has 0 spiro atoms. The average Bonchev–Trinajstić information content (AvgIpc) is 2.62. The number of fused-ring (bicyclic) bond motifs is 1. The van der Waals surface area contributed by atoms with Gasteiger partial charge in [0.25, 0.3) is 0 Å². The lowest BCUT2D eigenvalue weighted by Crippen LogP contribution is -2.10. The fourth-order valence-electron chi connectivity index (χ4n) is 2.66. The zero-order valence-corrected chi connectivity index (χ0v) is 15.1. The highest BCUT2D eigenvalue weighted by Crippen LogP contribution is 2.27. The van der Waals surface area contributed by atoms with Crippen LogP contribution in [0.2, 0.25) is 0 Å². The van der Waals surface area contributed by atoms with Gasteiger partial charge in [-0.2, -0.15) is 0 Å². The summed E-state index contributed by atoms with van der Waals surface area (Å²) in [6, 6.07) is 20.0. The van der Waals surface area contributed by atoms with Gasteiger partial charge >= 0.3 is 0 Å². The van der Waals surface area contributed by atoms with Crippen molar-refractivity contribution in [1.29, 1.82) is 0 Å². The van der Waals surface area contributed by atoms with Gasteiger partial charge in [0.2, 0.25) is 0 Å². The Morgan fingerprint density at radius 3 is 2.48 bits per heavy atom. The fraction of sp³-hybridized carbons (Fsp3) is 0.158. The molecule has 0 saturated heterocycles. The molecule has 0 aromatic heterocycles. The molecule has 3 aromatic rings. The molecule has 0 radical (unpaired) electrons. The number of nitrogens with one attached hydrogen (secondary N) is 1. The zero-order chi connectivity index (χ0) is 17.7. The Hall–Kier alpha value is -2.08. The standard InChI is InChI=1S/C19H18ClNO3S/c20-12-13-24-21-18-10-4-2-7-16(18)14-25(22,23)19-11-5-8-15-6-1-3-9-17(15)19/h1-11,21H,12-14H2. The highest BCUT2D eigenvalue weighted by atomic mass is 35.5. The lowest BCUT2D eigenvalue weighted by Gasteiger charge is -2.13. The van der Waals surface area contributed by atoms with E-state index in [1.807, 2.05) is 36.4 Å². The Labute approximate surface area is 152 Å². The van der Waals surface area contributed by atoms with Gasteiger partial charge in [0.05, 0.1) is 22.9 Å². The van der Waals surface area contributed by atoms with Crippen LogP contribution in [0.25, 0.3) is 10.8 Å². The van der Waals surface area contributed by atoms with E-state index in [4.69, 9.17) is 16.4 Å². The van der Waals surface area contributed by atoms with Crippen molar-refractivity contribution >= 4 is 37.9 Å². The van der Waals surface area contributed by atoms with E-state index in [1.54, 1.807) is 30.3 Å². The largest absolute Gasteiger partial charge is 0.275 e. The molecule has 0 saturated carbocycles. The molecule has 0 unspecified atom stereocenters. The van der Waals surface area contributed by atoms with E-state index >= 15 is 0 Å². The first kappa shape index (κ1) is 17.7. The Balaban J connectivity index is 1.94. The Morgan fingerprint density at radius 1 is 0.920 bits per heavy atom. The number of sulfone groups is 1. The van der Waals surface area contributed by atoms with Crippen LogP contribution in [0.1, 0.15) is 5.56 Å². The summed E-state index contributed by atoms with van der Waals surface area (Å²) < 4.78 is 26.0. The van der Waals surface area contributed by atoms with Gasteiger partial charge in [-0.1, -0.05) is 54.6 Å². The highest BCUT2D eigenvalue weighted by molar-refractivity contribution is 7.90. The number of alkyl halides is 1. The minimum atomic E-state index is -3.51. The van der Waals surface area contributed by atoms with Gasteiger partial charge in [0, 0.05) is 11.3 Å². The van der Waals surface area contributed by atoms with E-state index in [1.165, 1.54) is 0 Å². The third-order valence-electron chi connectivity index (χ3n) is 3.81. The molecule has 0 amide bonds. The van der Waals surface area contributed by atoms with E-state index < -0.39 is 9.84 Å². The van der Waals surface area contributed by atoms with Crippen LogP contribution in [0.3, 0.4) is 0 Å². The van der Waals surface area contributed by atoms with E-state index in [9.17, 15) is 8.42 Å². The monoisotopic (exact) mass is 375 g/mol. The number of benzene rings is 3. The van der Waals surface area contributed by atoms with Crippen molar-refractivity contribution in [3.63, 3.8) is 0 Å². The molecule has 25 heavy (non-hydrogen) atoms. The average molecular weight is 376 g/mol. The van der Waals surface area contributed by atoms with Crippen LogP contribution < -0.4 is 5.48 Å². The van der Waals surface area contributed by atoms with Crippen LogP contribution in [-0.2, 0) is 20.4 Å². The highest BCUT2D eigenvalue weighted by Gasteiger charge is 2.19. The maximum atomic E-state index is 13.0. The molecule has 4 nitrogen and oxygen atoms in total. The first-order valence-electron chi connectivity index (χ1n) is 7.84. The first-order chi connectivity index (χ1) is 12.1. The summed E-state index contributed by atoms with van der Waals surface area (Å²) in [4.78, 5) is 5.56. The van der Waals surface area contributed by atoms with Crippen molar-refractivity contribution < 1.29 is 13.3 Å². The fourth-order valence-corrected chi connectivity index (χ4v) is 4.36. The van der Waals surface area contributed by atoms with Crippen molar-refractivity contribution in [3.05, 3.63) is 72.3 Å². The van der Waals surface area contributed by atoms with Crippen molar-refractivity contribution in [2.45, 2.75) is 10.6 Å². The molecular formula is C19H18ClNO3S. The SMILES string of the molecule is O=S(=O)(Cc1ccccc1NOCCCl)c1cccc2ccccc12. The minimum absolute atomic E-state index is 0.117. The molecule has 3 aromatic carbocycles. The van der Waals surface area contributed by atoms with Gasteiger partial charge in [0.15, 0.2) is 9.84 Å². The number of hydrogen-bond donors (Lipinski definition) is 1. The smallest absolute Gasteiger partial charge is 0.183 e. The molecule has 0 aliphatic rings. The molecule has 0 fully saturated rings. The van der Waals surface area contributed by atoms with Gasteiger partial charge in [-0.05, 0) is 23.1 Å². The minimum Gasteiger partial charge on any atom is -0.275 e. The Morgan fingerprint density at radius 2 is 1.64 bits per heavy atom. The quantitative estimate of drug-likeness (QED) is 0.378. The maximum Gasteiger partial charge on any atom is 0.183 e. The summed E-state index contributed by atoms with van der Waals surface area (Å²) in [5, 5.41) is 1.63. The second-order valence-corrected chi connectivity index (χ2v) is 7.87. The second kappa shape index (κ2) is 7.87. The van der Waals surface area contributed by atoms with Crippen LogP contribution in [0.4, 0.5) is 5.69 Å². The van der Waals surface area contributed by atoms with Gasteiger partial charge in [-0.3, -0.25) is 10.3 Å². The van der Waals surface area contributed by atoms with Crippen LogP contribution in [0.5, 0.6) is 0 Å². The third kappa shape index (κ3) is 4.12. The Bertz CT molecular complexity index is 968. The topological polar surface area (TPSA) is 55.4 Å².